The summed E-state index contributed by atoms with van der Waals surface area (Å²) >= 11 is 0. The van der Waals surface area contributed by atoms with E-state index in [4.69, 9.17) is 10.3 Å². The summed E-state index contributed by atoms with van der Waals surface area (Å²) in [5.41, 5.74) is 10.1. The number of nitrogens with zero attached hydrogens (tertiary/aromatic N) is 4. The van der Waals surface area contributed by atoms with Gasteiger partial charge in [-0.25, -0.2) is 9.18 Å². The van der Waals surface area contributed by atoms with Crippen molar-refractivity contribution in [1.82, 2.24) is 5.32 Å². The predicted octanol–water partition coefficient (Wildman–Crippen LogP) is 4.97. The molecule has 2 aromatic carbocycles. The van der Waals surface area contributed by atoms with Crippen LogP contribution in [0.1, 0.15) is 18.9 Å². The number of alkyl halides is 1. The maximum atomic E-state index is 14.8. The molecule has 0 saturated carbocycles. The van der Waals surface area contributed by atoms with Crippen LogP contribution in [0.4, 0.5) is 19.3 Å². The fraction of sp³-hybridized carbons (Fsp3) is 0.381. The Morgan fingerprint density at radius 3 is 2.73 bits per heavy atom. The van der Waals surface area contributed by atoms with Crippen LogP contribution in [-0.4, -0.2) is 38.0 Å². The number of azide groups is 1. The Balaban J connectivity index is 1.71. The number of carbonyl (C=O) groups is 1. The van der Waals surface area contributed by atoms with Crippen molar-refractivity contribution in [1.29, 1.82) is 0 Å². The SMILES string of the molecule is C[C@]1(CN=[N+]=[N-])CN(c2ccc(-c3ccc(CNCCCF)cc3)c(F)c2)C(=O)O1. The topological polar surface area (TPSA) is 90.3 Å². The minimum Gasteiger partial charge on any atom is -0.441 e. The molecule has 0 radical (unpaired) electrons. The number of halogens is 2. The Morgan fingerprint density at radius 1 is 1.30 bits per heavy atom. The lowest BCUT2D eigenvalue weighted by Gasteiger charge is -2.19. The third-order valence-corrected chi connectivity index (χ3v) is 4.86. The summed E-state index contributed by atoms with van der Waals surface area (Å²) in [7, 11) is 0. The number of hydrogen-bond acceptors (Lipinski definition) is 4. The minimum atomic E-state index is -0.952. The number of ether oxygens (including phenoxy) is 1. The standard InChI is InChI=1S/C21H23F2N5O2/c1-21(13-26-27-24)14-28(20(29)30-21)17-7-8-18(19(23)11-17)16-5-3-15(4-6-16)12-25-10-2-9-22/h3-8,11,25H,2,9-10,12-14H2,1H3/t21-/m0/s1. The van der Waals surface area contributed by atoms with Gasteiger partial charge in [0.2, 0.25) is 0 Å². The molecule has 1 saturated heterocycles. The largest absolute Gasteiger partial charge is 0.441 e. The Kier molecular flexibility index (Phi) is 6.87. The smallest absolute Gasteiger partial charge is 0.415 e. The number of rotatable bonds is 9. The van der Waals surface area contributed by atoms with Crippen molar-refractivity contribution in [3.05, 3.63) is 64.3 Å². The number of nitrogens with one attached hydrogen (secondary N) is 1. The quantitative estimate of drug-likeness (QED) is 0.271. The van der Waals surface area contributed by atoms with Gasteiger partial charge in [-0.15, -0.1) is 0 Å². The van der Waals surface area contributed by atoms with Crippen molar-refractivity contribution in [2.45, 2.75) is 25.5 Å². The van der Waals surface area contributed by atoms with E-state index >= 15 is 0 Å². The highest BCUT2D eigenvalue weighted by Gasteiger charge is 2.41. The highest BCUT2D eigenvalue weighted by Crippen LogP contribution is 2.32. The lowest BCUT2D eigenvalue weighted by molar-refractivity contribution is 0.0790. The number of carbonyl (C=O) groups excluding carboxylic acids is 1. The first-order valence-electron chi connectivity index (χ1n) is 9.63. The molecular weight excluding hydrogens is 392 g/mol. The van der Waals surface area contributed by atoms with Crippen LogP contribution in [0.2, 0.25) is 0 Å². The van der Waals surface area contributed by atoms with Crippen LogP contribution < -0.4 is 10.2 Å². The van der Waals surface area contributed by atoms with Gasteiger partial charge in [-0.1, -0.05) is 29.4 Å². The molecular formula is C21H23F2N5O2. The Hall–Kier alpha value is -3.16. The lowest BCUT2D eigenvalue weighted by atomic mass is 10.0. The van der Waals surface area contributed by atoms with Crippen molar-refractivity contribution < 1.29 is 18.3 Å². The second kappa shape index (κ2) is 9.56. The number of anilines is 1. The Morgan fingerprint density at radius 2 is 2.07 bits per heavy atom. The third kappa shape index (κ3) is 5.06. The van der Waals surface area contributed by atoms with E-state index in [9.17, 15) is 13.6 Å². The van der Waals surface area contributed by atoms with Crippen molar-refractivity contribution in [2.75, 3.05) is 31.2 Å². The highest BCUT2D eigenvalue weighted by molar-refractivity contribution is 5.90. The molecule has 2 aromatic rings. The van der Waals surface area contributed by atoms with Gasteiger partial charge in [0.05, 0.1) is 25.5 Å². The Bertz CT molecular complexity index is 947. The number of hydrogen-bond donors (Lipinski definition) is 1. The van der Waals surface area contributed by atoms with Gasteiger partial charge in [0, 0.05) is 17.0 Å². The van der Waals surface area contributed by atoms with Crippen LogP contribution in [0, 0.1) is 5.82 Å². The molecule has 1 aliphatic rings. The summed E-state index contributed by atoms with van der Waals surface area (Å²) in [5.74, 6) is -0.460. The van der Waals surface area contributed by atoms with Crippen LogP contribution in [-0.2, 0) is 11.3 Å². The monoisotopic (exact) mass is 415 g/mol. The zero-order valence-corrected chi connectivity index (χ0v) is 16.6. The van der Waals surface area contributed by atoms with Crippen molar-refractivity contribution in [3.63, 3.8) is 0 Å². The van der Waals surface area contributed by atoms with Crippen molar-refractivity contribution >= 4 is 11.8 Å². The van der Waals surface area contributed by atoms with Crippen LogP contribution in [0.5, 0.6) is 0 Å². The molecule has 1 fully saturated rings. The van der Waals surface area contributed by atoms with Gasteiger partial charge < -0.3 is 10.1 Å². The fourth-order valence-electron chi connectivity index (χ4n) is 3.29. The molecule has 0 unspecified atom stereocenters. The van der Waals surface area contributed by atoms with Crippen LogP contribution in [0.3, 0.4) is 0 Å². The molecule has 0 aliphatic carbocycles. The summed E-state index contributed by atoms with van der Waals surface area (Å²) in [4.78, 5) is 16.2. The molecule has 0 spiro atoms. The van der Waals surface area contributed by atoms with Gasteiger partial charge in [-0.05, 0) is 54.7 Å². The number of benzene rings is 2. The van der Waals surface area contributed by atoms with E-state index in [2.05, 4.69) is 15.3 Å². The van der Waals surface area contributed by atoms with Gasteiger partial charge >= 0.3 is 6.09 Å². The van der Waals surface area contributed by atoms with E-state index in [1.54, 1.807) is 19.1 Å². The molecule has 1 atom stereocenters. The van der Waals surface area contributed by atoms with E-state index in [-0.39, 0.29) is 19.8 Å². The van der Waals surface area contributed by atoms with Crippen LogP contribution in [0.25, 0.3) is 21.6 Å². The van der Waals surface area contributed by atoms with E-state index in [1.165, 1.54) is 11.0 Å². The molecule has 7 nitrogen and oxygen atoms in total. The van der Waals surface area contributed by atoms with E-state index < -0.39 is 17.5 Å². The van der Waals surface area contributed by atoms with E-state index in [1.807, 2.05) is 24.3 Å². The molecule has 0 aromatic heterocycles. The average Bonchev–Trinajstić information content (AvgIpc) is 3.05. The normalized spacial score (nSPS) is 18.2. The van der Waals surface area contributed by atoms with Gasteiger partial charge in [0.1, 0.15) is 11.4 Å². The summed E-state index contributed by atoms with van der Waals surface area (Å²) in [5, 5.41) is 6.62. The zero-order chi connectivity index (χ0) is 21.6. The van der Waals surface area contributed by atoms with Gasteiger partial charge in [-0.2, -0.15) is 0 Å². The zero-order valence-electron chi connectivity index (χ0n) is 16.6. The fourth-order valence-corrected chi connectivity index (χ4v) is 3.29. The molecule has 1 aliphatic heterocycles. The van der Waals surface area contributed by atoms with E-state index in [0.29, 0.717) is 36.3 Å². The molecule has 1 N–H and O–H groups in total. The maximum absolute atomic E-state index is 14.8. The second-order valence-electron chi connectivity index (χ2n) is 7.37. The molecule has 9 heteroatoms. The molecule has 158 valence electrons. The molecule has 1 amide bonds. The highest BCUT2D eigenvalue weighted by atomic mass is 19.1. The second-order valence-corrected chi connectivity index (χ2v) is 7.37. The maximum Gasteiger partial charge on any atom is 0.415 e. The molecule has 3 rings (SSSR count). The van der Waals surface area contributed by atoms with Gasteiger partial charge in [0.15, 0.2) is 0 Å². The van der Waals surface area contributed by atoms with Gasteiger partial charge in [-0.3, -0.25) is 9.29 Å². The first kappa shape index (κ1) is 21.5. The summed E-state index contributed by atoms with van der Waals surface area (Å²) in [6.07, 6.45) is -0.132. The van der Waals surface area contributed by atoms with Crippen LogP contribution in [0.15, 0.2) is 47.6 Å². The van der Waals surface area contributed by atoms with E-state index in [0.717, 1.165) is 5.56 Å². The summed E-state index contributed by atoms with van der Waals surface area (Å²) in [6.45, 7) is 2.71. The first-order valence-corrected chi connectivity index (χ1v) is 9.63. The lowest BCUT2D eigenvalue weighted by Crippen LogP contribution is -2.34. The van der Waals surface area contributed by atoms with Crippen LogP contribution >= 0.6 is 0 Å². The third-order valence-electron chi connectivity index (χ3n) is 4.86. The molecule has 0 bridgehead atoms. The van der Waals surface area contributed by atoms with Crippen molar-refractivity contribution in [3.8, 4) is 11.1 Å². The molecule has 30 heavy (non-hydrogen) atoms. The first-order chi connectivity index (χ1) is 14.5. The van der Waals surface area contributed by atoms with Gasteiger partial charge in [0.25, 0.3) is 0 Å². The number of cyclic esters (lactones) is 1. The predicted molar refractivity (Wildman–Crippen MR) is 110 cm³/mol. The minimum absolute atomic E-state index is 0.00128. The van der Waals surface area contributed by atoms with Crippen molar-refractivity contribution in [2.24, 2.45) is 5.11 Å². The molecule has 1 heterocycles. The summed E-state index contributed by atoms with van der Waals surface area (Å²) < 4.78 is 32.2. The summed E-state index contributed by atoms with van der Waals surface area (Å²) in [6, 6.07) is 12.0. The average molecular weight is 415 g/mol. The Labute approximate surface area is 173 Å². The number of amides is 1.